The molecule has 0 unspecified atom stereocenters. The Labute approximate surface area is 123 Å². The van der Waals surface area contributed by atoms with Crippen LogP contribution in [0.25, 0.3) is 16.9 Å². The highest BCUT2D eigenvalue weighted by Crippen LogP contribution is 2.20. The number of benzene rings is 1. The Balaban J connectivity index is 2.09. The lowest BCUT2D eigenvalue weighted by Crippen LogP contribution is -2.05. The molecule has 0 saturated carbocycles. The van der Waals surface area contributed by atoms with Crippen LogP contribution in [0.3, 0.4) is 0 Å². The van der Waals surface area contributed by atoms with Gasteiger partial charge >= 0.3 is 5.97 Å². The normalized spacial score (nSPS) is 10.8. The van der Waals surface area contributed by atoms with Crippen LogP contribution in [0.1, 0.15) is 5.69 Å². The quantitative estimate of drug-likeness (QED) is 0.801. The minimum atomic E-state index is -0.900. The maximum Gasteiger partial charge on any atom is 0.309 e. The molecule has 0 aliphatic heterocycles. The number of carboxylic acids is 1. The number of fused-ring (bicyclic) bond motifs is 1. The number of rotatable bonds is 3. The number of aliphatic carboxylic acids is 1. The molecule has 6 heteroatoms. The first-order valence-corrected chi connectivity index (χ1v) is 6.74. The van der Waals surface area contributed by atoms with Crippen LogP contribution in [0.5, 0.6) is 0 Å². The molecule has 0 atom stereocenters. The van der Waals surface area contributed by atoms with Gasteiger partial charge in [0.25, 0.3) is 0 Å². The minimum absolute atomic E-state index is 0.0992. The predicted molar refractivity (Wildman–Crippen MR) is 77.5 cm³/mol. The summed E-state index contributed by atoms with van der Waals surface area (Å²) < 4.78 is 2.57. The van der Waals surface area contributed by atoms with Crippen molar-refractivity contribution in [3.63, 3.8) is 0 Å². The highest BCUT2D eigenvalue weighted by molar-refractivity contribution is 9.10. The molecule has 0 saturated heterocycles. The monoisotopic (exact) mass is 331 g/mol. The molecule has 100 valence electrons. The van der Waals surface area contributed by atoms with Gasteiger partial charge in [-0.05, 0) is 24.3 Å². The van der Waals surface area contributed by atoms with Crippen molar-refractivity contribution in [1.29, 1.82) is 0 Å². The van der Waals surface area contributed by atoms with E-state index in [1.807, 2.05) is 36.4 Å². The third-order valence-corrected chi connectivity index (χ3v) is 3.43. The van der Waals surface area contributed by atoms with Crippen LogP contribution in [0.15, 0.2) is 47.1 Å². The number of hydrogen-bond donors (Lipinski definition) is 1. The number of nitrogens with zero attached hydrogens (tertiary/aromatic N) is 3. The fourth-order valence-corrected chi connectivity index (χ4v) is 2.24. The number of hydrogen-bond acceptors (Lipinski definition) is 3. The van der Waals surface area contributed by atoms with Gasteiger partial charge < -0.3 is 5.11 Å². The van der Waals surface area contributed by atoms with Crippen LogP contribution in [-0.2, 0) is 11.2 Å². The Bertz CT molecular complexity index is 781. The van der Waals surface area contributed by atoms with Crippen molar-refractivity contribution in [2.45, 2.75) is 6.42 Å². The van der Waals surface area contributed by atoms with E-state index < -0.39 is 5.97 Å². The van der Waals surface area contributed by atoms with E-state index >= 15 is 0 Å². The van der Waals surface area contributed by atoms with Gasteiger partial charge in [-0.2, -0.15) is 5.10 Å². The molecule has 0 spiro atoms. The van der Waals surface area contributed by atoms with Crippen molar-refractivity contribution >= 4 is 27.5 Å². The van der Waals surface area contributed by atoms with Gasteiger partial charge in [0, 0.05) is 10.0 Å². The lowest BCUT2D eigenvalue weighted by Gasteiger charge is -2.03. The van der Waals surface area contributed by atoms with Gasteiger partial charge in [0.05, 0.1) is 24.0 Å². The third kappa shape index (κ3) is 2.42. The molecule has 0 radical (unpaired) electrons. The minimum Gasteiger partial charge on any atom is -0.481 e. The molecular formula is C14H10BrN3O2. The van der Waals surface area contributed by atoms with Gasteiger partial charge in [-0.25, -0.2) is 9.50 Å². The fraction of sp³-hybridized carbons (Fsp3) is 0.0714. The Kier molecular flexibility index (Phi) is 3.23. The average Bonchev–Trinajstić information content (AvgIpc) is 2.81. The third-order valence-electron chi connectivity index (χ3n) is 2.91. The summed E-state index contributed by atoms with van der Waals surface area (Å²) in [4.78, 5) is 15.0. The van der Waals surface area contributed by atoms with E-state index in [9.17, 15) is 4.79 Å². The molecule has 5 nitrogen and oxygen atoms in total. The molecule has 0 fully saturated rings. The predicted octanol–water partition coefficient (Wildman–Crippen LogP) is 2.79. The maximum atomic E-state index is 10.8. The molecule has 2 aromatic heterocycles. The Morgan fingerprint density at radius 3 is 2.65 bits per heavy atom. The van der Waals surface area contributed by atoms with Crippen molar-refractivity contribution in [3.05, 3.63) is 52.8 Å². The Hall–Kier alpha value is -2.21. The molecule has 0 bridgehead atoms. The van der Waals surface area contributed by atoms with Gasteiger partial charge in [-0.3, -0.25) is 4.79 Å². The second-order valence-electron chi connectivity index (χ2n) is 4.32. The van der Waals surface area contributed by atoms with Crippen LogP contribution in [0.4, 0.5) is 0 Å². The van der Waals surface area contributed by atoms with Crippen molar-refractivity contribution in [3.8, 4) is 11.3 Å². The van der Waals surface area contributed by atoms with Crippen LogP contribution < -0.4 is 0 Å². The van der Waals surface area contributed by atoms with E-state index in [2.05, 4.69) is 26.0 Å². The zero-order valence-corrected chi connectivity index (χ0v) is 11.9. The topological polar surface area (TPSA) is 67.5 Å². The Morgan fingerprint density at radius 1 is 1.20 bits per heavy atom. The molecule has 2 heterocycles. The fourth-order valence-electron chi connectivity index (χ4n) is 1.97. The number of carbonyl (C=O) groups is 1. The standard InChI is InChI=1S/C14H10BrN3O2/c15-10-3-1-9(2-4-10)12-5-6-13-16-8-11(7-14(19)20)18(13)17-12/h1-6,8H,7H2,(H,19,20). The summed E-state index contributed by atoms with van der Waals surface area (Å²) in [5.41, 5.74) is 2.94. The van der Waals surface area contributed by atoms with E-state index in [0.29, 0.717) is 11.3 Å². The summed E-state index contributed by atoms with van der Waals surface area (Å²) in [7, 11) is 0. The van der Waals surface area contributed by atoms with E-state index in [1.54, 1.807) is 10.7 Å². The second-order valence-corrected chi connectivity index (χ2v) is 5.23. The zero-order valence-electron chi connectivity index (χ0n) is 10.3. The van der Waals surface area contributed by atoms with Gasteiger partial charge in [0.1, 0.15) is 0 Å². The molecular weight excluding hydrogens is 322 g/mol. The molecule has 0 aliphatic carbocycles. The lowest BCUT2D eigenvalue weighted by molar-refractivity contribution is -0.136. The number of halogens is 1. The first-order valence-electron chi connectivity index (χ1n) is 5.95. The van der Waals surface area contributed by atoms with Crippen molar-refractivity contribution in [2.75, 3.05) is 0 Å². The first kappa shape index (κ1) is 12.8. The molecule has 1 aromatic carbocycles. The van der Waals surface area contributed by atoms with Crippen LogP contribution >= 0.6 is 15.9 Å². The average molecular weight is 332 g/mol. The highest BCUT2D eigenvalue weighted by Gasteiger charge is 2.09. The number of aromatic nitrogens is 3. The molecule has 0 aliphatic rings. The summed E-state index contributed by atoms with van der Waals surface area (Å²) in [6, 6.07) is 11.5. The summed E-state index contributed by atoms with van der Waals surface area (Å²) in [5.74, 6) is -0.900. The van der Waals surface area contributed by atoms with Crippen molar-refractivity contribution in [2.24, 2.45) is 0 Å². The summed E-state index contributed by atoms with van der Waals surface area (Å²) in [6.45, 7) is 0. The van der Waals surface area contributed by atoms with Crippen LogP contribution in [0.2, 0.25) is 0 Å². The Morgan fingerprint density at radius 2 is 1.95 bits per heavy atom. The number of carboxylic acid groups (broad SMARTS) is 1. The zero-order chi connectivity index (χ0) is 14.1. The molecule has 20 heavy (non-hydrogen) atoms. The van der Waals surface area contributed by atoms with Gasteiger partial charge in [-0.15, -0.1) is 0 Å². The van der Waals surface area contributed by atoms with E-state index in [4.69, 9.17) is 5.11 Å². The molecule has 0 amide bonds. The number of imidazole rings is 1. The summed E-state index contributed by atoms with van der Waals surface area (Å²) in [5, 5.41) is 13.4. The van der Waals surface area contributed by atoms with Crippen molar-refractivity contribution in [1.82, 2.24) is 14.6 Å². The van der Waals surface area contributed by atoms with Gasteiger partial charge in [-0.1, -0.05) is 28.1 Å². The van der Waals surface area contributed by atoms with Crippen LogP contribution in [-0.4, -0.2) is 25.7 Å². The SMILES string of the molecule is O=C(O)Cc1cnc2ccc(-c3ccc(Br)cc3)nn12. The highest BCUT2D eigenvalue weighted by atomic mass is 79.9. The van der Waals surface area contributed by atoms with Gasteiger partial charge in [0.2, 0.25) is 0 Å². The summed E-state index contributed by atoms with van der Waals surface area (Å²) in [6.07, 6.45) is 1.44. The van der Waals surface area contributed by atoms with E-state index in [-0.39, 0.29) is 6.42 Å². The lowest BCUT2D eigenvalue weighted by atomic mass is 10.1. The second kappa shape index (κ2) is 5.05. The summed E-state index contributed by atoms with van der Waals surface area (Å²) >= 11 is 3.39. The molecule has 3 aromatic rings. The molecule has 1 N–H and O–H groups in total. The van der Waals surface area contributed by atoms with Gasteiger partial charge in [0.15, 0.2) is 5.65 Å². The smallest absolute Gasteiger partial charge is 0.309 e. The first-order chi connectivity index (χ1) is 9.63. The van der Waals surface area contributed by atoms with Crippen molar-refractivity contribution < 1.29 is 9.90 Å². The van der Waals surface area contributed by atoms with E-state index in [1.165, 1.54) is 0 Å². The largest absolute Gasteiger partial charge is 0.481 e. The van der Waals surface area contributed by atoms with Crippen LogP contribution in [0, 0.1) is 0 Å². The van der Waals surface area contributed by atoms with E-state index in [0.717, 1.165) is 15.7 Å². The molecule has 3 rings (SSSR count). The maximum absolute atomic E-state index is 10.8.